The van der Waals surface area contributed by atoms with Gasteiger partial charge in [-0.25, -0.2) is 4.98 Å². The summed E-state index contributed by atoms with van der Waals surface area (Å²) in [7, 11) is 0. The van der Waals surface area contributed by atoms with E-state index in [1.54, 1.807) is 0 Å². The van der Waals surface area contributed by atoms with Crippen molar-refractivity contribution in [1.29, 1.82) is 0 Å². The van der Waals surface area contributed by atoms with Crippen molar-refractivity contribution in [2.45, 2.75) is 32.2 Å². The van der Waals surface area contributed by atoms with E-state index in [4.69, 9.17) is 18.0 Å². The Morgan fingerprint density at radius 1 is 1.45 bits per heavy atom. The lowest BCUT2D eigenvalue weighted by Gasteiger charge is -2.10. The van der Waals surface area contributed by atoms with Crippen molar-refractivity contribution in [3.8, 4) is 0 Å². The first-order chi connectivity index (χ1) is 9.69. The van der Waals surface area contributed by atoms with Crippen molar-refractivity contribution in [3.63, 3.8) is 0 Å². The van der Waals surface area contributed by atoms with Crippen LogP contribution in [0.3, 0.4) is 0 Å². The largest absolute Gasteiger partial charge is 0.389 e. The molecule has 3 rings (SSSR count). The number of fused-ring (bicyclic) bond motifs is 1. The van der Waals surface area contributed by atoms with Gasteiger partial charge in [-0.3, -0.25) is 0 Å². The number of thiocarbonyl (C=S) groups is 1. The van der Waals surface area contributed by atoms with Crippen molar-refractivity contribution in [2.75, 3.05) is 5.32 Å². The summed E-state index contributed by atoms with van der Waals surface area (Å²) in [5.74, 6) is 1.68. The van der Waals surface area contributed by atoms with Crippen LogP contribution in [0.25, 0.3) is 10.9 Å². The van der Waals surface area contributed by atoms with Crippen LogP contribution in [0, 0.1) is 5.92 Å². The number of benzene rings is 1. The van der Waals surface area contributed by atoms with Crippen molar-refractivity contribution < 1.29 is 0 Å². The van der Waals surface area contributed by atoms with E-state index >= 15 is 0 Å². The van der Waals surface area contributed by atoms with E-state index in [-0.39, 0.29) is 0 Å². The molecule has 104 valence electrons. The van der Waals surface area contributed by atoms with E-state index in [9.17, 15) is 0 Å². The van der Waals surface area contributed by atoms with Gasteiger partial charge in [0.15, 0.2) is 0 Å². The molecule has 0 aliphatic heterocycles. The average molecular weight is 285 g/mol. The van der Waals surface area contributed by atoms with Gasteiger partial charge in [-0.1, -0.05) is 43.8 Å². The molecular formula is C16H19N3S. The Kier molecular flexibility index (Phi) is 3.57. The van der Waals surface area contributed by atoms with Gasteiger partial charge in [0.2, 0.25) is 0 Å². The van der Waals surface area contributed by atoms with Crippen LogP contribution in [0.5, 0.6) is 0 Å². The van der Waals surface area contributed by atoms with Gasteiger partial charge in [0.1, 0.15) is 10.8 Å². The fourth-order valence-electron chi connectivity index (χ4n) is 2.76. The second-order valence-corrected chi connectivity index (χ2v) is 5.91. The Labute approximate surface area is 124 Å². The molecule has 0 saturated heterocycles. The van der Waals surface area contributed by atoms with Gasteiger partial charge >= 0.3 is 0 Å². The minimum Gasteiger partial charge on any atom is -0.389 e. The van der Waals surface area contributed by atoms with Crippen LogP contribution in [0.1, 0.15) is 31.7 Å². The van der Waals surface area contributed by atoms with Crippen LogP contribution in [-0.4, -0.2) is 16.0 Å². The highest BCUT2D eigenvalue weighted by molar-refractivity contribution is 7.80. The normalized spacial score (nSPS) is 20.9. The van der Waals surface area contributed by atoms with Gasteiger partial charge in [-0.2, -0.15) is 0 Å². The summed E-state index contributed by atoms with van der Waals surface area (Å²) in [6, 6.07) is 10.5. The third kappa shape index (κ3) is 2.61. The second kappa shape index (κ2) is 5.37. The maximum Gasteiger partial charge on any atom is 0.127 e. The smallest absolute Gasteiger partial charge is 0.127 e. The van der Waals surface area contributed by atoms with E-state index in [2.05, 4.69) is 17.2 Å². The molecule has 1 aromatic carbocycles. The number of rotatable bonds is 5. The highest BCUT2D eigenvalue weighted by atomic mass is 32.1. The van der Waals surface area contributed by atoms with Gasteiger partial charge < -0.3 is 11.1 Å². The summed E-state index contributed by atoms with van der Waals surface area (Å²) in [5.41, 5.74) is 7.69. The molecule has 1 saturated carbocycles. The summed E-state index contributed by atoms with van der Waals surface area (Å²) in [6.07, 6.45) is 3.77. The number of nitrogens with one attached hydrogen (secondary N) is 1. The lowest BCUT2D eigenvalue weighted by molar-refractivity contribution is 0.692. The van der Waals surface area contributed by atoms with Gasteiger partial charge in [-0.05, 0) is 30.9 Å². The summed E-state index contributed by atoms with van der Waals surface area (Å²) >= 11 is 5.17. The Morgan fingerprint density at radius 2 is 2.25 bits per heavy atom. The third-order valence-electron chi connectivity index (χ3n) is 3.90. The predicted octanol–water partition coefficient (Wildman–Crippen LogP) is 3.47. The predicted molar refractivity (Wildman–Crippen MR) is 88.1 cm³/mol. The molecule has 2 aromatic rings. The maximum atomic E-state index is 5.85. The molecule has 4 heteroatoms. The molecule has 3 N–H and O–H groups in total. The number of aromatic nitrogens is 1. The standard InChI is InChI=1S/C16H19N3S/c1-2-5-10-8-14(10)19-15-9-12(16(17)20)11-6-3-4-7-13(11)18-15/h3-4,6-7,9-10,14H,2,5,8H2,1H3,(H2,17,20)(H,18,19). The average Bonchev–Trinajstić information content (AvgIpc) is 3.16. The maximum absolute atomic E-state index is 5.85. The highest BCUT2D eigenvalue weighted by Gasteiger charge is 2.36. The molecule has 0 amide bonds. The highest BCUT2D eigenvalue weighted by Crippen LogP contribution is 2.37. The zero-order chi connectivity index (χ0) is 14.1. The van der Waals surface area contributed by atoms with Crippen LogP contribution in [0.15, 0.2) is 30.3 Å². The SMILES string of the molecule is CCCC1CC1Nc1cc(C(N)=S)c2ccccc2n1. The first-order valence-electron chi connectivity index (χ1n) is 7.15. The van der Waals surface area contributed by atoms with Crippen LogP contribution in [-0.2, 0) is 0 Å². The monoisotopic (exact) mass is 285 g/mol. The summed E-state index contributed by atoms with van der Waals surface area (Å²) in [5, 5.41) is 4.53. The van der Waals surface area contributed by atoms with Gasteiger partial charge in [0, 0.05) is 17.0 Å². The van der Waals surface area contributed by atoms with Crippen molar-refractivity contribution in [2.24, 2.45) is 11.7 Å². The van der Waals surface area contributed by atoms with Gasteiger partial charge in [0.05, 0.1) is 5.52 Å². The van der Waals surface area contributed by atoms with E-state index < -0.39 is 0 Å². The summed E-state index contributed by atoms with van der Waals surface area (Å²) in [6.45, 7) is 2.23. The first kappa shape index (κ1) is 13.3. The zero-order valence-corrected chi connectivity index (χ0v) is 12.4. The minimum atomic E-state index is 0.424. The molecule has 2 unspecified atom stereocenters. The fourth-order valence-corrected chi connectivity index (χ4v) is 2.93. The van der Waals surface area contributed by atoms with Crippen LogP contribution in [0.4, 0.5) is 5.82 Å². The summed E-state index contributed by atoms with van der Waals surface area (Å²) < 4.78 is 0. The molecular weight excluding hydrogens is 266 g/mol. The molecule has 0 bridgehead atoms. The minimum absolute atomic E-state index is 0.424. The van der Waals surface area contributed by atoms with Crippen LogP contribution in [0.2, 0.25) is 0 Å². The first-order valence-corrected chi connectivity index (χ1v) is 7.56. The molecule has 1 aliphatic rings. The number of hydrogen-bond donors (Lipinski definition) is 2. The van der Waals surface area contributed by atoms with E-state index in [1.165, 1.54) is 19.3 Å². The Morgan fingerprint density at radius 3 is 3.00 bits per heavy atom. The van der Waals surface area contributed by atoms with Gasteiger partial charge in [0.25, 0.3) is 0 Å². The van der Waals surface area contributed by atoms with Crippen LogP contribution < -0.4 is 11.1 Å². The van der Waals surface area contributed by atoms with Crippen LogP contribution >= 0.6 is 12.2 Å². The molecule has 1 aliphatic carbocycles. The fraction of sp³-hybridized carbons (Fsp3) is 0.375. The van der Waals surface area contributed by atoms with E-state index in [0.29, 0.717) is 11.0 Å². The Hall–Kier alpha value is -1.68. The molecule has 0 spiro atoms. The number of para-hydroxylation sites is 1. The van der Waals surface area contributed by atoms with Crippen molar-refractivity contribution >= 4 is 33.9 Å². The number of nitrogens with zero attached hydrogens (tertiary/aromatic N) is 1. The second-order valence-electron chi connectivity index (χ2n) is 5.47. The topological polar surface area (TPSA) is 50.9 Å². The van der Waals surface area contributed by atoms with Crippen molar-refractivity contribution in [1.82, 2.24) is 4.98 Å². The number of nitrogens with two attached hydrogens (primary N) is 1. The number of pyridine rings is 1. The molecule has 1 heterocycles. The molecule has 1 aromatic heterocycles. The van der Waals surface area contributed by atoms with Crippen molar-refractivity contribution in [3.05, 3.63) is 35.9 Å². The summed E-state index contributed by atoms with van der Waals surface area (Å²) in [4.78, 5) is 5.09. The lowest BCUT2D eigenvalue weighted by atomic mass is 10.1. The molecule has 1 fully saturated rings. The zero-order valence-electron chi connectivity index (χ0n) is 11.6. The number of hydrogen-bond acceptors (Lipinski definition) is 3. The quantitative estimate of drug-likeness (QED) is 0.826. The Balaban J connectivity index is 1.90. The molecule has 2 atom stereocenters. The lowest BCUT2D eigenvalue weighted by Crippen LogP contribution is -2.13. The molecule has 0 radical (unpaired) electrons. The Bertz CT molecular complexity index is 653. The molecule has 20 heavy (non-hydrogen) atoms. The number of anilines is 1. The van der Waals surface area contributed by atoms with E-state index in [0.717, 1.165) is 28.2 Å². The van der Waals surface area contributed by atoms with E-state index in [1.807, 2.05) is 30.3 Å². The van der Waals surface area contributed by atoms with Gasteiger partial charge in [-0.15, -0.1) is 0 Å². The third-order valence-corrected chi connectivity index (χ3v) is 4.12. The molecule has 3 nitrogen and oxygen atoms in total.